The number of hydrogen-bond donors (Lipinski definition) is 0. The van der Waals surface area contributed by atoms with Crippen LogP contribution in [0.2, 0.25) is 0 Å². The van der Waals surface area contributed by atoms with E-state index >= 15 is 0 Å². The summed E-state index contributed by atoms with van der Waals surface area (Å²) < 4.78 is 50.6. The molecule has 2 aliphatic rings. The first kappa shape index (κ1) is 25.9. The standard InChI is InChI=1S/C27H32F3N3O3/c1-18-24(17-25(34)36-3)33(31-26(18)27(28,29)30)21-9-7-19(8-10-21)15-20-11-13-32(14-12-20)22-5-4-6-23(16-22)35-2/h4-10,16,18,20,24H,11-15,17H2,1-3H3/t18-,24-/m0/s1. The molecule has 2 aromatic carbocycles. The van der Waals surface area contributed by atoms with Crippen molar-refractivity contribution < 1.29 is 27.4 Å². The van der Waals surface area contributed by atoms with Crippen LogP contribution in [-0.4, -0.2) is 51.2 Å². The molecule has 36 heavy (non-hydrogen) atoms. The lowest BCUT2D eigenvalue weighted by molar-refractivity contribution is -0.141. The summed E-state index contributed by atoms with van der Waals surface area (Å²) in [5, 5.41) is 5.20. The van der Waals surface area contributed by atoms with E-state index < -0.39 is 29.8 Å². The summed E-state index contributed by atoms with van der Waals surface area (Å²) in [7, 11) is 2.90. The Kier molecular flexibility index (Phi) is 7.76. The van der Waals surface area contributed by atoms with Crippen LogP contribution in [0.25, 0.3) is 0 Å². The minimum absolute atomic E-state index is 0.172. The Labute approximate surface area is 209 Å². The molecule has 6 nitrogen and oxygen atoms in total. The van der Waals surface area contributed by atoms with Gasteiger partial charge >= 0.3 is 12.1 Å². The second-order valence-corrected chi connectivity index (χ2v) is 9.47. The molecule has 0 spiro atoms. The van der Waals surface area contributed by atoms with Gasteiger partial charge in [0.25, 0.3) is 0 Å². The minimum atomic E-state index is -4.55. The Morgan fingerprint density at radius 1 is 1.06 bits per heavy atom. The second-order valence-electron chi connectivity index (χ2n) is 9.47. The van der Waals surface area contributed by atoms with Crippen molar-refractivity contribution in [2.24, 2.45) is 16.9 Å². The quantitative estimate of drug-likeness (QED) is 0.470. The summed E-state index contributed by atoms with van der Waals surface area (Å²) >= 11 is 0. The second kappa shape index (κ2) is 10.8. The van der Waals surface area contributed by atoms with Crippen LogP contribution in [0.1, 0.15) is 31.7 Å². The third kappa shape index (κ3) is 5.77. The van der Waals surface area contributed by atoms with Gasteiger partial charge in [0.05, 0.1) is 32.4 Å². The van der Waals surface area contributed by atoms with Crippen LogP contribution in [-0.2, 0) is 16.0 Å². The molecule has 2 aromatic rings. The van der Waals surface area contributed by atoms with Gasteiger partial charge in [-0.3, -0.25) is 9.80 Å². The van der Waals surface area contributed by atoms with Crippen molar-refractivity contribution >= 4 is 23.1 Å². The molecule has 0 saturated carbocycles. The van der Waals surface area contributed by atoms with Crippen LogP contribution in [0.15, 0.2) is 53.6 Å². The van der Waals surface area contributed by atoms with Crippen molar-refractivity contribution in [2.45, 2.75) is 44.8 Å². The number of ether oxygens (including phenoxy) is 2. The molecule has 0 aliphatic carbocycles. The van der Waals surface area contributed by atoms with E-state index in [1.807, 2.05) is 24.3 Å². The van der Waals surface area contributed by atoms with E-state index in [-0.39, 0.29) is 6.42 Å². The van der Waals surface area contributed by atoms with Crippen molar-refractivity contribution in [1.29, 1.82) is 0 Å². The maximum absolute atomic E-state index is 13.5. The van der Waals surface area contributed by atoms with Crippen molar-refractivity contribution in [3.63, 3.8) is 0 Å². The Morgan fingerprint density at radius 3 is 2.36 bits per heavy atom. The molecule has 0 bridgehead atoms. The van der Waals surface area contributed by atoms with Gasteiger partial charge in [-0.15, -0.1) is 0 Å². The molecule has 1 fully saturated rings. The molecule has 0 N–H and O–H groups in total. The van der Waals surface area contributed by atoms with Gasteiger partial charge in [-0.05, 0) is 55.0 Å². The third-order valence-electron chi connectivity index (χ3n) is 7.19. The van der Waals surface area contributed by atoms with Gasteiger partial charge in [0, 0.05) is 30.8 Å². The zero-order valence-electron chi connectivity index (χ0n) is 20.8. The molecule has 1 saturated heterocycles. The molecular formula is C27H32F3N3O3. The number of esters is 1. The maximum Gasteiger partial charge on any atom is 0.431 e. The first-order chi connectivity index (χ1) is 17.2. The highest BCUT2D eigenvalue weighted by atomic mass is 19.4. The Bertz CT molecular complexity index is 1080. The average Bonchev–Trinajstić information content (AvgIpc) is 3.21. The van der Waals surface area contributed by atoms with Crippen LogP contribution < -0.4 is 14.6 Å². The lowest BCUT2D eigenvalue weighted by Crippen LogP contribution is -2.37. The molecule has 2 aliphatic heterocycles. The van der Waals surface area contributed by atoms with E-state index in [2.05, 4.69) is 22.1 Å². The third-order valence-corrected chi connectivity index (χ3v) is 7.19. The molecule has 194 valence electrons. The van der Waals surface area contributed by atoms with Gasteiger partial charge in [-0.25, -0.2) is 0 Å². The normalized spacial score (nSPS) is 20.9. The smallest absolute Gasteiger partial charge is 0.431 e. The number of hydrogen-bond acceptors (Lipinski definition) is 6. The number of halogens is 3. The molecule has 9 heteroatoms. The number of nitrogens with zero attached hydrogens (tertiary/aromatic N) is 3. The average molecular weight is 504 g/mol. The summed E-state index contributed by atoms with van der Waals surface area (Å²) in [6.45, 7) is 3.38. The molecular weight excluding hydrogens is 471 g/mol. The largest absolute Gasteiger partial charge is 0.497 e. The van der Waals surface area contributed by atoms with Crippen molar-refractivity contribution in [2.75, 3.05) is 37.2 Å². The zero-order chi connectivity index (χ0) is 25.9. The summed E-state index contributed by atoms with van der Waals surface area (Å²) in [6.07, 6.45) is -1.70. The summed E-state index contributed by atoms with van der Waals surface area (Å²) in [4.78, 5) is 14.2. The highest BCUT2D eigenvalue weighted by Crippen LogP contribution is 2.37. The molecule has 4 rings (SSSR count). The zero-order valence-corrected chi connectivity index (χ0v) is 20.8. The lowest BCUT2D eigenvalue weighted by Gasteiger charge is -2.34. The summed E-state index contributed by atoms with van der Waals surface area (Å²) in [5.74, 6) is -0.125. The van der Waals surface area contributed by atoms with Gasteiger partial charge in [0.2, 0.25) is 0 Å². The number of alkyl halides is 3. The molecule has 2 heterocycles. The fourth-order valence-corrected chi connectivity index (χ4v) is 5.08. The number of benzene rings is 2. The van der Waals surface area contributed by atoms with E-state index in [0.717, 1.165) is 49.4 Å². The van der Waals surface area contributed by atoms with Crippen LogP contribution in [0.3, 0.4) is 0 Å². The number of carbonyl (C=O) groups is 1. The Balaban J connectivity index is 1.40. The number of methoxy groups -OCH3 is 2. The number of piperidine rings is 1. The highest BCUT2D eigenvalue weighted by Gasteiger charge is 2.48. The summed E-state index contributed by atoms with van der Waals surface area (Å²) in [5.41, 5.74) is 1.96. The topological polar surface area (TPSA) is 54.4 Å². The summed E-state index contributed by atoms with van der Waals surface area (Å²) in [6, 6.07) is 14.8. The van der Waals surface area contributed by atoms with Crippen LogP contribution >= 0.6 is 0 Å². The molecule has 0 aromatic heterocycles. The fourth-order valence-electron chi connectivity index (χ4n) is 5.08. The van der Waals surface area contributed by atoms with Crippen LogP contribution in [0.5, 0.6) is 5.75 Å². The first-order valence-corrected chi connectivity index (χ1v) is 12.2. The van der Waals surface area contributed by atoms with Gasteiger partial charge < -0.3 is 14.4 Å². The Morgan fingerprint density at radius 2 is 1.75 bits per heavy atom. The number of hydrazone groups is 1. The molecule has 0 amide bonds. The van der Waals surface area contributed by atoms with E-state index in [4.69, 9.17) is 9.47 Å². The number of anilines is 2. The molecule has 0 radical (unpaired) electrons. The minimum Gasteiger partial charge on any atom is -0.497 e. The van der Waals surface area contributed by atoms with Gasteiger partial charge in [-0.1, -0.05) is 25.1 Å². The number of carbonyl (C=O) groups excluding carboxylic acids is 1. The lowest BCUT2D eigenvalue weighted by atomic mass is 9.90. The van der Waals surface area contributed by atoms with Gasteiger partial charge in [-0.2, -0.15) is 18.3 Å². The fraction of sp³-hybridized carbons (Fsp3) is 0.481. The Hall–Kier alpha value is -3.23. The molecule has 2 atom stereocenters. The van der Waals surface area contributed by atoms with E-state index in [1.54, 1.807) is 19.2 Å². The van der Waals surface area contributed by atoms with Crippen molar-refractivity contribution in [3.8, 4) is 5.75 Å². The van der Waals surface area contributed by atoms with Crippen LogP contribution in [0, 0.1) is 11.8 Å². The predicted molar refractivity (Wildman–Crippen MR) is 134 cm³/mol. The SMILES string of the molecule is COC(=O)C[C@H]1[C@H](C)C(C(F)(F)F)=NN1c1ccc(CC2CCN(c3cccc(OC)c3)CC2)cc1. The van der Waals surface area contributed by atoms with E-state index in [9.17, 15) is 18.0 Å². The van der Waals surface area contributed by atoms with Crippen molar-refractivity contribution in [1.82, 2.24) is 0 Å². The highest BCUT2D eigenvalue weighted by molar-refractivity contribution is 5.96. The predicted octanol–water partition coefficient (Wildman–Crippen LogP) is 5.46. The van der Waals surface area contributed by atoms with E-state index in [0.29, 0.717) is 11.6 Å². The van der Waals surface area contributed by atoms with Gasteiger partial charge in [0.1, 0.15) is 11.5 Å². The van der Waals surface area contributed by atoms with E-state index in [1.165, 1.54) is 19.0 Å². The van der Waals surface area contributed by atoms with Gasteiger partial charge in [0.15, 0.2) is 0 Å². The number of rotatable bonds is 7. The van der Waals surface area contributed by atoms with Crippen molar-refractivity contribution in [3.05, 3.63) is 54.1 Å². The monoisotopic (exact) mass is 503 g/mol. The first-order valence-electron chi connectivity index (χ1n) is 12.2. The molecule has 0 unspecified atom stereocenters. The van der Waals surface area contributed by atoms with Crippen LogP contribution in [0.4, 0.5) is 24.5 Å². The maximum atomic E-state index is 13.5.